The number of benzene rings is 4. The molecule has 4 aromatic carbocycles. The number of carbonyl (C=O) groups excluding carboxylic acids is 2. The molecule has 8 heteroatoms. The molecule has 0 aromatic heterocycles. The van der Waals surface area contributed by atoms with Crippen LogP contribution in [0.25, 0.3) is 10.8 Å². The van der Waals surface area contributed by atoms with Crippen molar-refractivity contribution in [3.05, 3.63) is 96.1 Å². The number of hydrogen-bond acceptors (Lipinski definition) is 7. The Hall–Kier alpha value is -4.85. The second-order valence-corrected chi connectivity index (χ2v) is 8.49. The molecule has 4 rings (SSSR count). The van der Waals surface area contributed by atoms with Crippen molar-refractivity contribution < 1.29 is 28.5 Å². The van der Waals surface area contributed by atoms with Crippen molar-refractivity contribution in [3.63, 3.8) is 0 Å². The first-order valence-corrected chi connectivity index (χ1v) is 12.7. The molecular weight excluding hydrogens is 496 g/mol. The monoisotopic (exact) mass is 526 g/mol. The highest BCUT2D eigenvalue weighted by Gasteiger charge is 2.15. The van der Waals surface area contributed by atoms with E-state index in [9.17, 15) is 9.59 Å². The van der Waals surface area contributed by atoms with Gasteiger partial charge in [0, 0.05) is 0 Å². The van der Waals surface area contributed by atoms with Crippen molar-refractivity contribution in [2.45, 2.75) is 26.9 Å². The number of rotatable bonds is 11. The SMILES string of the molecule is CCOc1ccc(C(=O)Oc2ccc(/C=N\NC(=O)[C@H](C)Oc3ccc4ccccc4c3)cc2OCC)cc1. The maximum absolute atomic E-state index is 12.6. The molecule has 0 saturated carbocycles. The lowest BCUT2D eigenvalue weighted by atomic mass is 10.1. The zero-order valence-corrected chi connectivity index (χ0v) is 22.0. The summed E-state index contributed by atoms with van der Waals surface area (Å²) in [5.74, 6) is 0.999. The Labute approximate surface area is 227 Å². The molecule has 1 atom stereocenters. The summed E-state index contributed by atoms with van der Waals surface area (Å²) in [7, 11) is 0. The van der Waals surface area contributed by atoms with Gasteiger partial charge < -0.3 is 18.9 Å². The number of nitrogens with zero attached hydrogens (tertiary/aromatic N) is 1. The van der Waals surface area contributed by atoms with Crippen LogP contribution in [0.4, 0.5) is 0 Å². The van der Waals surface area contributed by atoms with Gasteiger partial charge in [-0.05, 0) is 91.7 Å². The Balaban J connectivity index is 1.36. The highest BCUT2D eigenvalue weighted by atomic mass is 16.6. The average molecular weight is 527 g/mol. The van der Waals surface area contributed by atoms with Crippen molar-refractivity contribution in [2.75, 3.05) is 13.2 Å². The van der Waals surface area contributed by atoms with Crippen LogP contribution in [0.3, 0.4) is 0 Å². The molecule has 0 aliphatic carbocycles. The normalized spacial score (nSPS) is 11.7. The summed E-state index contributed by atoms with van der Waals surface area (Å²) in [5.41, 5.74) is 3.52. The summed E-state index contributed by atoms with van der Waals surface area (Å²) >= 11 is 0. The third-order valence-electron chi connectivity index (χ3n) is 5.66. The van der Waals surface area contributed by atoms with E-state index in [0.717, 1.165) is 10.8 Å². The molecule has 39 heavy (non-hydrogen) atoms. The Morgan fingerprint density at radius 2 is 1.54 bits per heavy atom. The average Bonchev–Trinajstić information content (AvgIpc) is 2.95. The van der Waals surface area contributed by atoms with Gasteiger partial charge in [0.2, 0.25) is 0 Å². The summed E-state index contributed by atoms with van der Waals surface area (Å²) < 4.78 is 22.4. The number of fused-ring (bicyclic) bond motifs is 1. The zero-order chi connectivity index (χ0) is 27.6. The van der Waals surface area contributed by atoms with Crippen LogP contribution in [0.2, 0.25) is 0 Å². The van der Waals surface area contributed by atoms with E-state index in [-0.39, 0.29) is 5.75 Å². The molecule has 1 N–H and O–H groups in total. The lowest BCUT2D eigenvalue weighted by molar-refractivity contribution is -0.127. The van der Waals surface area contributed by atoms with E-state index < -0.39 is 18.0 Å². The van der Waals surface area contributed by atoms with Gasteiger partial charge >= 0.3 is 5.97 Å². The van der Waals surface area contributed by atoms with Crippen LogP contribution >= 0.6 is 0 Å². The minimum atomic E-state index is -0.758. The molecule has 0 bridgehead atoms. The molecule has 0 radical (unpaired) electrons. The number of amides is 1. The molecule has 0 aliphatic rings. The van der Waals surface area contributed by atoms with Crippen LogP contribution in [0.1, 0.15) is 36.7 Å². The van der Waals surface area contributed by atoms with E-state index in [0.29, 0.717) is 41.6 Å². The van der Waals surface area contributed by atoms with Crippen LogP contribution < -0.4 is 24.4 Å². The predicted octanol–water partition coefficient (Wildman–Crippen LogP) is 5.77. The summed E-state index contributed by atoms with van der Waals surface area (Å²) in [6, 6.07) is 25.3. The summed E-state index contributed by atoms with van der Waals surface area (Å²) in [5, 5.41) is 6.16. The standard InChI is InChI=1S/C31H30N2O6/c1-4-36-26-14-12-24(13-15-26)31(35)39-28-17-10-22(18-29(28)37-5-2)20-32-33-30(34)21(3)38-27-16-11-23-8-6-7-9-25(23)19-27/h6-21H,4-5H2,1-3H3,(H,33,34)/b32-20-/t21-/m0/s1. The van der Waals surface area contributed by atoms with E-state index in [2.05, 4.69) is 10.5 Å². The van der Waals surface area contributed by atoms with Gasteiger partial charge in [0.05, 0.1) is 25.0 Å². The molecule has 0 unspecified atom stereocenters. The van der Waals surface area contributed by atoms with Crippen molar-refractivity contribution in [2.24, 2.45) is 5.10 Å². The van der Waals surface area contributed by atoms with Crippen molar-refractivity contribution in [1.29, 1.82) is 0 Å². The molecule has 8 nitrogen and oxygen atoms in total. The van der Waals surface area contributed by atoms with Gasteiger partial charge in [-0.15, -0.1) is 0 Å². The Morgan fingerprint density at radius 3 is 2.28 bits per heavy atom. The smallest absolute Gasteiger partial charge is 0.343 e. The molecule has 1 amide bonds. The van der Waals surface area contributed by atoms with Crippen LogP contribution in [-0.4, -0.2) is 37.4 Å². The predicted molar refractivity (Wildman–Crippen MR) is 150 cm³/mol. The van der Waals surface area contributed by atoms with Gasteiger partial charge in [-0.2, -0.15) is 5.10 Å². The molecule has 0 heterocycles. The van der Waals surface area contributed by atoms with Crippen LogP contribution in [-0.2, 0) is 4.79 Å². The number of carbonyl (C=O) groups is 2. The van der Waals surface area contributed by atoms with E-state index in [1.807, 2.05) is 56.3 Å². The van der Waals surface area contributed by atoms with Crippen LogP contribution in [0.15, 0.2) is 90.0 Å². The second-order valence-electron chi connectivity index (χ2n) is 8.49. The fourth-order valence-corrected chi connectivity index (χ4v) is 3.73. The highest BCUT2D eigenvalue weighted by molar-refractivity contribution is 5.92. The molecular formula is C31H30N2O6. The van der Waals surface area contributed by atoms with E-state index >= 15 is 0 Å². The Kier molecular flexibility index (Phi) is 9.13. The first-order valence-electron chi connectivity index (χ1n) is 12.7. The van der Waals surface area contributed by atoms with Crippen LogP contribution in [0, 0.1) is 0 Å². The van der Waals surface area contributed by atoms with Gasteiger partial charge in [0.25, 0.3) is 5.91 Å². The number of esters is 1. The quantitative estimate of drug-likeness (QED) is 0.115. The first-order chi connectivity index (χ1) is 19.0. The number of nitrogens with one attached hydrogen (secondary N) is 1. The van der Waals surface area contributed by atoms with Gasteiger partial charge in [-0.3, -0.25) is 4.79 Å². The van der Waals surface area contributed by atoms with Crippen LogP contribution in [0.5, 0.6) is 23.0 Å². The molecule has 0 aliphatic heterocycles. The first kappa shape index (κ1) is 27.2. The Morgan fingerprint density at radius 1 is 0.821 bits per heavy atom. The second kappa shape index (κ2) is 13.1. The summed E-state index contributed by atoms with van der Waals surface area (Å²) in [6.07, 6.45) is 0.716. The largest absolute Gasteiger partial charge is 0.494 e. The van der Waals surface area contributed by atoms with Gasteiger partial charge in [-0.25, -0.2) is 10.2 Å². The lowest BCUT2D eigenvalue weighted by Gasteiger charge is -2.13. The summed E-state index contributed by atoms with van der Waals surface area (Å²) in [4.78, 5) is 25.1. The Bertz CT molecular complexity index is 1470. The topological polar surface area (TPSA) is 95.5 Å². The molecule has 4 aromatic rings. The van der Waals surface area contributed by atoms with E-state index in [1.165, 1.54) is 6.21 Å². The molecule has 200 valence electrons. The summed E-state index contributed by atoms with van der Waals surface area (Å²) in [6.45, 7) is 6.28. The fraction of sp³-hybridized carbons (Fsp3) is 0.194. The van der Waals surface area contributed by atoms with Gasteiger partial charge in [0.15, 0.2) is 17.6 Å². The van der Waals surface area contributed by atoms with Gasteiger partial charge in [-0.1, -0.05) is 30.3 Å². The van der Waals surface area contributed by atoms with Crippen molar-refractivity contribution in [1.82, 2.24) is 5.43 Å². The fourth-order valence-electron chi connectivity index (χ4n) is 3.73. The molecule has 0 fully saturated rings. The minimum absolute atomic E-state index is 0.273. The molecule has 0 saturated heterocycles. The highest BCUT2D eigenvalue weighted by Crippen LogP contribution is 2.29. The lowest BCUT2D eigenvalue weighted by Crippen LogP contribution is -2.33. The maximum atomic E-state index is 12.6. The van der Waals surface area contributed by atoms with E-state index in [1.54, 1.807) is 49.4 Å². The van der Waals surface area contributed by atoms with E-state index in [4.69, 9.17) is 18.9 Å². The maximum Gasteiger partial charge on any atom is 0.343 e. The minimum Gasteiger partial charge on any atom is -0.494 e. The van der Waals surface area contributed by atoms with Crippen molar-refractivity contribution >= 4 is 28.9 Å². The van der Waals surface area contributed by atoms with Gasteiger partial charge in [0.1, 0.15) is 11.5 Å². The van der Waals surface area contributed by atoms with Crippen molar-refractivity contribution in [3.8, 4) is 23.0 Å². The third-order valence-corrected chi connectivity index (χ3v) is 5.66. The third kappa shape index (κ3) is 7.35. The zero-order valence-electron chi connectivity index (χ0n) is 22.0. The molecule has 0 spiro atoms. The number of hydrogen-bond donors (Lipinski definition) is 1. The number of hydrazone groups is 1. The number of ether oxygens (including phenoxy) is 4.